The first-order valence-electron chi connectivity index (χ1n) is 7.37. The number of nitrogens with zero attached hydrogens (tertiary/aromatic N) is 1. The SMILES string of the molecule is NC(C(=O)Nc1cccc(-c2cnco2)c1)C1CCOCC1. The average Bonchev–Trinajstić information content (AvgIpc) is 3.10. The van der Waals surface area contributed by atoms with E-state index in [4.69, 9.17) is 14.9 Å². The monoisotopic (exact) mass is 301 g/mol. The average molecular weight is 301 g/mol. The van der Waals surface area contributed by atoms with Crippen LogP contribution in [0.3, 0.4) is 0 Å². The summed E-state index contributed by atoms with van der Waals surface area (Å²) in [4.78, 5) is 16.2. The van der Waals surface area contributed by atoms with Crippen molar-refractivity contribution in [1.29, 1.82) is 0 Å². The maximum absolute atomic E-state index is 12.3. The molecule has 0 aliphatic carbocycles. The summed E-state index contributed by atoms with van der Waals surface area (Å²) in [6.07, 6.45) is 4.66. The van der Waals surface area contributed by atoms with Crippen molar-refractivity contribution in [1.82, 2.24) is 4.98 Å². The fraction of sp³-hybridized carbons (Fsp3) is 0.375. The number of aromatic nitrogens is 1. The molecule has 6 nitrogen and oxygen atoms in total. The van der Waals surface area contributed by atoms with Gasteiger partial charge >= 0.3 is 0 Å². The molecule has 1 aromatic heterocycles. The predicted octanol–water partition coefficient (Wildman–Crippen LogP) is 2.03. The standard InChI is InChI=1S/C16H19N3O3/c17-15(11-4-6-21-7-5-11)16(20)19-13-3-1-2-12(8-13)14-9-18-10-22-14/h1-3,8-11,15H,4-7,17H2,(H,19,20). The Morgan fingerprint density at radius 1 is 1.36 bits per heavy atom. The molecule has 0 radical (unpaired) electrons. The number of carbonyl (C=O) groups is 1. The topological polar surface area (TPSA) is 90.4 Å². The maximum atomic E-state index is 12.3. The molecular weight excluding hydrogens is 282 g/mol. The maximum Gasteiger partial charge on any atom is 0.241 e. The molecule has 2 aromatic rings. The van der Waals surface area contributed by atoms with E-state index < -0.39 is 6.04 Å². The van der Waals surface area contributed by atoms with Crippen molar-refractivity contribution >= 4 is 11.6 Å². The van der Waals surface area contributed by atoms with Gasteiger partial charge in [0.05, 0.1) is 12.2 Å². The van der Waals surface area contributed by atoms with Crippen LogP contribution in [0.4, 0.5) is 5.69 Å². The highest BCUT2D eigenvalue weighted by Crippen LogP contribution is 2.23. The van der Waals surface area contributed by atoms with Gasteiger partial charge in [0.2, 0.25) is 5.91 Å². The molecule has 0 bridgehead atoms. The van der Waals surface area contributed by atoms with Crippen molar-refractivity contribution in [3.63, 3.8) is 0 Å². The number of rotatable bonds is 4. The molecule has 1 saturated heterocycles. The first-order valence-corrected chi connectivity index (χ1v) is 7.37. The normalized spacial score (nSPS) is 17.1. The Hall–Kier alpha value is -2.18. The molecule has 1 unspecified atom stereocenters. The highest BCUT2D eigenvalue weighted by molar-refractivity contribution is 5.95. The first-order chi connectivity index (χ1) is 10.7. The minimum atomic E-state index is -0.516. The van der Waals surface area contributed by atoms with E-state index in [1.807, 2.05) is 24.3 Å². The third-order valence-corrected chi connectivity index (χ3v) is 3.92. The molecule has 2 heterocycles. The number of nitrogens with two attached hydrogens (primary N) is 1. The number of carbonyl (C=O) groups excluding carboxylic acids is 1. The van der Waals surface area contributed by atoms with Gasteiger partial charge in [0.15, 0.2) is 12.2 Å². The van der Waals surface area contributed by atoms with Crippen LogP contribution in [-0.4, -0.2) is 30.1 Å². The summed E-state index contributed by atoms with van der Waals surface area (Å²) in [5.74, 6) is 0.664. The molecule has 0 saturated carbocycles. The van der Waals surface area contributed by atoms with E-state index in [1.165, 1.54) is 6.39 Å². The number of oxazole rings is 1. The molecule has 6 heteroatoms. The molecule has 1 aromatic carbocycles. The number of nitrogens with one attached hydrogen (secondary N) is 1. The van der Waals surface area contributed by atoms with E-state index in [0.29, 0.717) is 24.7 Å². The summed E-state index contributed by atoms with van der Waals surface area (Å²) >= 11 is 0. The van der Waals surface area contributed by atoms with E-state index in [9.17, 15) is 4.79 Å². The molecule has 1 aliphatic rings. The molecule has 3 rings (SSSR count). The van der Waals surface area contributed by atoms with Gasteiger partial charge < -0.3 is 20.2 Å². The van der Waals surface area contributed by atoms with Crippen LogP contribution >= 0.6 is 0 Å². The Balaban J connectivity index is 1.67. The second kappa shape index (κ2) is 6.72. The number of benzene rings is 1. The quantitative estimate of drug-likeness (QED) is 0.901. The molecule has 116 valence electrons. The largest absolute Gasteiger partial charge is 0.444 e. The Morgan fingerprint density at radius 3 is 2.91 bits per heavy atom. The molecule has 1 aliphatic heterocycles. The van der Waals surface area contributed by atoms with Crippen molar-refractivity contribution in [2.24, 2.45) is 11.7 Å². The third-order valence-electron chi connectivity index (χ3n) is 3.92. The second-order valence-electron chi connectivity index (χ2n) is 5.41. The zero-order valence-electron chi connectivity index (χ0n) is 12.2. The van der Waals surface area contributed by atoms with Crippen molar-refractivity contribution in [2.45, 2.75) is 18.9 Å². The van der Waals surface area contributed by atoms with Gasteiger partial charge in [-0.05, 0) is 30.9 Å². The van der Waals surface area contributed by atoms with E-state index in [-0.39, 0.29) is 11.8 Å². The van der Waals surface area contributed by atoms with Gasteiger partial charge in [-0.15, -0.1) is 0 Å². The van der Waals surface area contributed by atoms with Gasteiger partial charge in [-0.1, -0.05) is 12.1 Å². The Morgan fingerprint density at radius 2 is 2.18 bits per heavy atom. The van der Waals surface area contributed by atoms with Crippen LogP contribution < -0.4 is 11.1 Å². The van der Waals surface area contributed by atoms with Crippen LogP contribution in [0.1, 0.15) is 12.8 Å². The smallest absolute Gasteiger partial charge is 0.241 e. The lowest BCUT2D eigenvalue weighted by molar-refractivity contribution is -0.119. The molecular formula is C16H19N3O3. The van der Waals surface area contributed by atoms with Crippen molar-refractivity contribution in [3.05, 3.63) is 36.9 Å². The summed E-state index contributed by atoms with van der Waals surface area (Å²) in [6, 6.07) is 6.91. The predicted molar refractivity (Wildman–Crippen MR) is 82.1 cm³/mol. The Labute approximate surface area is 128 Å². The number of hydrogen-bond donors (Lipinski definition) is 2. The van der Waals surface area contributed by atoms with Crippen LogP contribution in [0.15, 0.2) is 41.3 Å². The molecule has 1 atom stereocenters. The molecule has 3 N–H and O–H groups in total. The highest BCUT2D eigenvalue weighted by Gasteiger charge is 2.26. The van der Waals surface area contributed by atoms with E-state index in [1.54, 1.807) is 6.20 Å². The number of amides is 1. The summed E-state index contributed by atoms with van der Waals surface area (Å²) < 4.78 is 10.6. The highest BCUT2D eigenvalue weighted by atomic mass is 16.5. The Bertz CT molecular complexity index is 621. The molecule has 1 amide bonds. The summed E-state index contributed by atoms with van der Waals surface area (Å²) in [7, 11) is 0. The lowest BCUT2D eigenvalue weighted by atomic mass is 9.92. The number of ether oxygens (including phenoxy) is 1. The molecule has 1 fully saturated rings. The molecule has 22 heavy (non-hydrogen) atoms. The van der Waals surface area contributed by atoms with E-state index in [0.717, 1.165) is 18.4 Å². The van der Waals surface area contributed by atoms with Gasteiger partial charge in [0, 0.05) is 24.5 Å². The van der Waals surface area contributed by atoms with Crippen LogP contribution in [0.2, 0.25) is 0 Å². The lowest BCUT2D eigenvalue weighted by Crippen LogP contribution is -2.44. The van der Waals surface area contributed by atoms with Crippen molar-refractivity contribution in [2.75, 3.05) is 18.5 Å². The van der Waals surface area contributed by atoms with Gasteiger partial charge in [-0.2, -0.15) is 0 Å². The Kier molecular flexibility index (Phi) is 4.50. The van der Waals surface area contributed by atoms with Crippen LogP contribution in [0, 0.1) is 5.92 Å². The van der Waals surface area contributed by atoms with Gasteiger partial charge in [-0.3, -0.25) is 4.79 Å². The van der Waals surface area contributed by atoms with Crippen LogP contribution in [0.25, 0.3) is 11.3 Å². The van der Waals surface area contributed by atoms with Crippen LogP contribution in [0.5, 0.6) is 0 Å². The van der Waals surface area contributed by atoms with Gasteiger partial charge in [0.1, 0.15) is 0 Å². The van der Waals surface area contributed by atoms with Crippen LogP contribution in [-0.2, 0) is 9.53 Å². The van der Waals surface area contributed by atoms with Gasteiger partial charge in [0.25, 0.3) is 0 Å². The van der Waals surface area contributed by atoms with E-state index in [2.05, 4.69) is 10.3 Å². The number of hydrogen-bond acceptors (Lipinski definition) is 5. The summed E-state index contributed by atoms with van der Waals surface area (Å²) in [6.45, 7) is 1.35. The van der Waals surface area contributed by atoms with E-state index >= 15 is 0 Å². The summed E-state index contributed by atoms with van der Waals surface area (Å²) in [5, 5.41) is 2.87. The fourth-order valence-corrected chi connectivity index (χ4v) is 2.62. The van der Waals surface area contributed by atoms with Crippen molar-refractivity contribution < 1.29 is 13.9 Å². The minimum Gasteiger partial charge on any atom is -0.444 e. The number of anilines is 1. The first kappa shape index (κ1) is 14.7. The third kappa shape index (κ3) is 3.35. The second-order valence-corrected chi connectivity index (χ2v) is 5.41. The minimum absolute atomic E-state index is 0.165. The fourth-order valence-electron chi connectivity index (χ4n) is 2.62. The summed E-state index contributed by atoms with van der Waals surface area (Å²) in [5.41, 5.74) is 7.63. The zero-order valence-corrected chi connectivity index (χ0v) is 12.2. The van der Waals surface area contributed by atoms with Crippen molar-refractivity contribution in [3.8, 4) is 11.3 Å². The zero-order chi connectivity index (χ0) is 15.4. The lowest BCUT2D eigenvalue weighted by Gasteiger charge is -2.26. The van der Waals surface area contributed by atoms with Gasteiger partial charge in [-0.25, -0.2) is 4.98 Å². The molecule has 0 spiro atoms.